The molecule has 1 aromatic rings. The van der Waals surface area contributed by atoms with Gasteiger partial charge in [-0.15, -0.1) is 0 Å². The number of anilines is 1. The van der Waals surface area contributed by atoms with Crippen LogP contribution in [0.2, 0.25) is 0 Å². The van der Waals surface area contributed by atoms with E-state index >= 15 is 0 Å². The minimum Gasteiger partial charge on any atom is -0.489 e. The molecule has 2 rings (SSSR count). The Kier molecular flexibility index (Phi) is 3.99. The summed E-state index contributed by atoms with van der Waals surface area (Å²) in [6, 6.07) is 5.81. The second-order valence-electron chi connectivity index (χ2n) is 4.44. The van der Waals surface area contributed by atoms with Gasteiger partial charge in [-0.05, 0) is 30.7 Å². The van der Waals surface area contributed by atoms with Gasteiger partial charge in [0.2, 0.25) is 5.91 Å². The Balaban J connectivity index is 2.00. The van der Waals surface area contributed by atoms with E-state index in [-0.39, 0.29) is 5.91 Å². The van der Waals surface area contributed by atoms with Crippen LogP contribution < -0.4 is 15.4 Å². The van der Waals surface area contributed by atoms with Gasteiger partial charge in [-0.25, -0.2) is 0 Å². The molecule has 96 valence electrons. The average Bonchev–Trinajstić information content (AvgIpc) is 2.36. The van der Waals surface area contributed by atoms with E-state index in [0.29, 0.717) is 13.0 Å². The van der Waals surface area contributed by atoms with Gasteiger partial charge in [0.05, 0.1) is 0 Å². The molecule has 1 heterocycles. The number of carbonyl (C=O) groups is 1. The summed E-state index contributed by atoms with van der Waals surface area (Å²) in [5.74, 6) is 0.826. The standard InChI is InChI=1S/C14H18N2O2/c1-10(8-15-2)9-18-12-5-3-11-4-6-14(17)16-13(11)7-12/h3,5,7,15H,1,4,6,8-9H2,2H3,(H,16,17). The molecule has 1 aliphatic heterocycles. The van der Waals surface area contributed by atoms with E-state index in [0.717, 1.165) is 35.5 Å². The first-order chi connectivity index (χ1) is 8.69. The predicted molar refractivity (Wildman–Crippen MR) is 72.0 cm³/mol. The highest BCUT2D eigenvalue weighted by molar-refractivity contribution is 5.94. The lowest BCUT2D eigenvalue weighted by Gasteiger charge is -2.18. The molecule has 0 radical (unpaired) electrons. The quantitative estimate of drug-likeness (QED) is 0.778. The van der Waals surface area contributed by atoms with Crippen LogP contribution in [0.1, 0.15) is 12.0 Å². The Bertz CT molecular complexity index is 469. The largest absolute Gasteiger partial charge is 0.489 e. The summed E-state index contributed by atoms with van der Waals surface area (Å²) in [6.45, 7) is 5.12. The second kappa shape index (κ2) is 5.69. The van der Waals surface area contributed by atoms with Crippen molar-refractivity contribution >= 4 is 11.6 Å². The molecule has 0 atom stereocenters. The van der Waals surface area contributed by atoms with Crippen molar-refractivity contribution in [2.24, 2.45) is 0 Å². The predicted octanol–water partition coefficient (Wildman–Crippen LogP) is 1.73. The molecule has 1 aliphatic rings. The third-order valence-electron chi connectivity index (χ3n) is 2.85. The first kappa shape index (κ1) is 12.6. The molecule has 2 N–H and O–H groups in total. The molecular weight excluding hydrogens is 228 g/mol. The van der Waals surface area contributed by atoms with Gasteiger partial charge in [0.25, 0.3) is 0 Å². The Morgan fingerprint density at radius 3 is 3.11 bits per heavy atom. The summed E-state index contributed by atoms with van der Waals surface area (Å²) < 4.78 is 5.63. The number of ether oxygens (including phenoxy) is 1. The fraction of sp³-hybridized carbons (Fsp3) is 0.357. The van der Waals surface area contributed by atoms with Gasteiger partial charge in [-0.2, -0.15) is 0 Å². The van der Waals surface area contributed by atoms with Crippen molar-refractivity contribution < 1.29 is 9.53 Å². The van der Waals surface area contributed by atoms with Crippen LogP contribution in [0, 0.1) is 0 Å². The number of fused-ring (bicyclic) bond motifs is 1. The van der Waals surface area contributed by atoms with E-state index < -0.39 is 0 Å². The van der Waals surface area contributed by atoms with Crippen molar-refractivity contribution in [2.45, 2.75) is 12.8 Å². The van der Waals surface area contributed by atoms with Gasteiger partial charge in [0.15, 0.2) is 0 Å². The second-order valence-corrected chi connectivity index (χ2v) is 4.44. The van der Waals surface area contributed by atoms with E-state index in [1.807, 2.05) is 25.2 Å². The zero-order valence-electron chi connectivity index (χ0n) is 10.6. The fourth-order valence-corrected chi connectivity index (χ4v) is 1.93. The van der Waals surface area contributed by atoms with Crippen molar-refractivity contribution in [3.63, 3.8) is 0 Å². The molecule has 0 saturated carbocycles. The van der Waals surface area contributed by atoms with Gasteiger partial charge in [0.1, 0.15) is 12.4 Å². The zero-order valence-corrected chi connectivity index (χ0v) is 10.6. The minimum atomic E-state index is 0.0687. The average molecular weight is 246 g/mol. The van der Waals surface area contributed by atoms with Crippen molar-refractivity contribution in [3.05, 3.63) is 35.9 Å². The highest BCUT2D eigenvalue weighted by Crippen LogP contribution is 2.27. The maximum absolute atomic E-state index is 11.3. The summed E-state index contributed by atoms with van der Waals surface area (Å²) in [4.78, 5) is 11.3. The number of hydrogen-bond donors (Lipinski definition) is 2. The van der Waals surface area contributed by atoms with Crippen LogP contribution in [0.15, 0.2) is 30.4 Å². The van der Waals surface area contributed by atoms with E-state index in [2.05, 4.69) is 17.2 Å². The lowest BCUT2D eigenvalue weighted by Crippen LogP contribution is -2.19. The van der Waals surface area contributed by atoms with Gasteiger partial charge in [0, 0.05) is 24.7 Å². The van der Waals surface area contributed by atoms with Crippen LogP contribution in [-0.2, 0) is 11.2 Å². The highest BCUT2D eigenvalue weighted by atomic mass is 16.5. The summed E-state index contributed by atoms with van der Waals surface area (Å²) in [5.41, 5.74) is 3.01. The number of hydrogen-bond acceptors (Lipinski definition) is 3. The number of aryl methyl sites for hydroxylation is 1. The zero-order chi connectivity index (χ0) is 13.0. The van der Waals surface area contributed by atoms with Gasteiger partial charge in [-0.3, -0.25) is 4.79 Å². The summed E-state index contributed by atoms with van der Waals surface area (Å²) in [5, 5.41) is 5.88. The Morgan fingerprint density at radius 2 is 2.33 bits per heavy atom. The maximum Gasteiger partial charge on any atom is 0.224 e. The molecule has 0 aromatic heterocycles. The minimum absolute atomic E-state index is 0.0687. The number of nitrogens with one attached hydrogen (secondary N) is 2. The molecule has 0 bridgehead atoms. The van der Waals surface area contributed by atoms with Gasteiger partial charge >= 0.3 is 0 Å². The number of carbonyl (C=O) groups excluding carboxylic acids is 1. The van der Waals surface area contributed by atoms with E-state index in [1.54, 1.807) is 0 Å². The number of likely N-dealkylation sites (N-methyl/N-ethyl adjacent to an activating group) is 1. The lowest BCUT2D eigenvalue weighted by atomic mass is 10.0. The maximum atomic E-state index is 11.3. The first-order valence-corrected chi connectivity index (χ1v) is 6.06. The van der Waals surface area contributed by atoms with Crippen LogP contribution in [0.4, 0.5) is 5.69 Å². The Labute approximate surface area is 107 Å². The summed E-state index contributed by atoms with van der Waals surface area (Å²) in [6.07, 6.45) is 1.36. The number of benzene rings is 1. The number of rotatable bonds is 5. The molecule has 0 unspecified atom stereocenters. The molecule has 0 aliphatic carbocycles. The fourth-order valence-electron chi connectivity index (χ4n) is 1.93. The van der Waals surface area contributed by atoms with E-state index in [1.165, 1.54) is 0 Å². The normalized spacial score (nSPS) is 13.7. The number of amides is 1. The molecule has 1 amide bonds. The molecule has 18 heavy (non-hydrogen) atoms. The van der Waals surface area contributed by atoms with Crippen molar-refractivity contribution in [1.29, 1.82) is 0 Å². The summed E-state index contributed by atoms with van der Waals surface area (Å²) >= 11 is 0. The van der Waals surface area contributed by atoms with Gasteiger partial charge in [-0.1, -0.05) is 12.6 Å². The van der Waals surface area contributed by atoms with Crippen LogP contribution in [0.3, 0.4) is 0 Å². The molecule has 0 spiro atoms. The van der Waals surface area contributed by atoms with E-state index in [9.17, 15) is 4.79 Å². The topological polar surface area (TPSA) is 50.4 Å². The van der Waals surface area contributed by atoms with E-state index in [4.69, 9.17) is 4.74 Å². The van der Waals surface area contributed by atoms with Crippen LogP contribution in [0.5, 0.6) is 5.75 Å². The monoisotopic (exact) mass is 246 g/mol. The van der Waals surface area contributed by atoms with Crippen molar-refractivity contribution in [1.82, 2.24) is 5.32 Å². The first-order valence-electron chi connectivity index (χ1n) is 6.06. The Morgan fingerprint density at radius 1 is 1.50 bits per heavy atom. The molecule has 1 aromatic carbocycles. The SMILES string of the molecule is C=C(CNC)COc1ccc2c(c1)NC(=O)CC2. The smallest absolute Gasteiger partial charge is 0.224 e. The molecule has 4 heteroatoms. The third kappa shape index (κ3) is 3.11. The lowest BCUT2D eigenvalue weighted by molar-refractivity contribution is -0.116. The van der Waals surface area contributed by atoms with Crippen molar-refractivity contribution in [2.75, 3.05) is 25.5 Å². The van der Waals surface area contributed by atoms with Crippen LogP contribution in [-0.4, -0.2) is 26.1 Å². The molecule has 4 nitrogen and oxygen atoms in total. The van der Waals surface area contributed by atoms with Crippen LogP contribution >= 0.6 is 0 Å². The van der Waals surface area contributed by atoms with Gasteiger partial charge < -0.3 is 15.4 Å². The molecular formula is C14H18N2O2. The Hall–Kier alpha value is -1.81. The summed E-state index contributed by atoms with van der Waals surface area (Å²) in [7, 11) is 1.87. The third-order valence-corrected chi connectivity index (χ3v) is 2.85. The van der Waals surface area contributed by atoms with Crippen molar-refractivity contribution in [3.8, 4) is 5.75 Å². The highest BCUT2D eigenvalue weighted by Gasteiger charge is 2.14. The molecule has 0 saturated heterocycles. The van der Waals surface area contributed by atoms with Crippen LogP contribution in [0.25, 0.3) is 0 Å². The molecule has 0 fully saturated rings.